The summed E-state index contributed by atoms with van der Waals surface area (Å²) in [4.78, 5) is 22.0. The van der Waals surface area contributed by atoms with Gasteiger partial charge in [-0.05, 0) is 18.2 Å². The molecule has 0 amide bonds. The molecular formula is C21H30N4O4. The maximum atomic E-state index is 12.6. The van der Waals surface area contributed by atoms with Crippen molar-refractivity contribution in [3.63, 3.8) is 0 Å². The predicted molar refractivity (Wildman–Crippen MR) is 112 cm³/mol. The Morgan fingerprint density at radius 1 is 1.14 bits per heavy atom. The summed E-state index contributed by atoms with van der Waals surface area (Å²) in [5.74, 6) is 0.453. The van der Waals surface area contributed by atoms with Crippen LogP contribution >= 0.6 is 0 Å². The van der Waals surface area contributed by atoms with E-state index in [9.17, 15) is 4.79 Å². The van der Waals surface area contributed by atoms with Crippen LogP contribution in [0.3, 0.4) is 0 Å². The van der Waals surface area contributed by atoms with E-state index in [1.807, 2.05) is 18.2 Å². The van der Waals surface area contributed by atoms with Crippen molar-refractivity contribution in [1.29, 1.82) is 0 Å². The lowest BCUT2D eigenvalue weighted by Gasteiger charge is -2.37. The molecule has 8 nitrogen and oxygen atoms in total. The highest BCUT2D eigenvalue weighted by Gasteiger charge is 2.22. The lowest BCUT2D eigenvalue weighted by molar-refractivity contribution is 0.102. The van der Waals surface area contributed by atoms with Gasteiger partial charge < -0.3 is 19.1 Å². The molecule has 29 heavy (non-hydrogen) atoms. The lowest BCUT2D eigenvalue weighted by Crippen LogP contribution is -2.48. The molecule has 0 unspecified atom stereocenters. The topological polar surface area (TPSA) is 69.1 Å². The van der Waals surface area contributed by atoms with Gasteiger partial charge in [-0.25, -0.2) is 4.98 Å². The molecule has 0 saturated carbocycles. The molecule has 2 aliphatic rings. The van der Waals surface area contributed by atoms with Crippen LogP contribution in [0.4, 0.5) is 5.69 Å². The minimum Gasteiger partial charge on any atom is -0.383 e. The van der Waals surface area contributed by atoms with Crippen LogP contribution in [0, 0.1) is 5.92 Å². The molecule has 2 fully saturated rings. The van der Waals surface area contributed by atoms with Gasteiger partial charge >= 0.3 is 0 Å². The van der Waals surface area contributed by atoms with Crippen LogP contribution in [0.2, 0.25) is 0 Å². The summed E-state index contributed by atoms with van der Waals surface area (Å²) >= 11 is 0. The fourth-order valence-corrected chi connectivity index (χ4v) is 4.02. The third-order valence-electron chi connectivity index (χ3n) is 5.68. The number of aromatic nitrogens is 2. The Balaban J connectivity index is 1.38. The van der Waals surface area contributed by atoms with E-state index >= 15 is 0 Å². The molecule has 2 aliphatic heterocycles. The number of benzene rings is 1. The Hall–Kier alpha value is -2.00. The minimum atomic E-state index is -0.0174. The lowest BCUT2D eigenvalue weighted by atomic mass is 10.1. The van der Waals surface area contributed by atoms with Gasteiger partial charge in [0.25, 0.3) is 5.56 Å². The molecular weight excluding hydrogens is 372 g/mol. The van der Waals surface area contributed by atoms with Crippen molar-refractivity contribution >= 4 is 16.6 Å². The van der Waals surface area contributed by atoms with E-state index in [1.165, 1.54) is 0 Å². The van der Waals surface area contributed by atoms with Crippen molar-refractivity contribution in [2.45, 2.75) is 6.54 Å². The third-order valence-corrected chi connectivity index (χ3v) is 5.68. The first-order chi connectivity index (χ1) is 14.2. The molecule has 0 N–H and O–H groups in total. The van der Waals surface area contributed by atoms with Gasteiger partial charge in [0.2, 0.25) is 0 Å². The summed E-state index contributed by atoms with van der Waals surface area (Å²) in [5, 5.41) is 0.652. The summed E-state index contributed by atoms with van der Waals surface area (Å²) in [5.41, 5.74) is 1.85. The first-order valence-electron chi connectivity index (χ1n) is 10.4. The van der Waals surface area contributed by atoms with Crippen LogP contribution in [0.25, 0.3) is 10.9 Å². The number of rotatable bonds is 6. The van der Waals surface area contributed by atoms with Crippen molar-refractivity contribution < 1.29 is 14.2 Å². The third kappa shape index (κ3) is 4.95. The molecule has 0 atom stereocenters. The van der Waals surface area contributed by atoms with Gasteiger partial charge in [-0.3, -0.25) is 14.3 Å². The molecule has 0 aliphatic carbocycles. The molecule has 2 aromatic rings. The molecule has 158 valence electrons. The van der Waals surface area contributed by atoms with Crippen molar-refractivity contribution in [3.05, 3.63) is 34.9 Å². The average Bonchev–Trinajstić information content (AvgIpc) is 3.02. The number of hydrogen-bond acceptors (Lipinski definition) is 7. The van der Waals surface area contributed by atoms with Crippen molar-refractivity contribution in [2.24, 2.45) is 5.92 Å². The maximum absolute atomic E-state index is 12.6. The average molecular weight is 402 g/mol. The number of piperazine rings is 1. The number of nitrogens with zero attached hydrogens (tertiary/aromatic N) is 4. The Morgan fingerprint density at radius 3 is 2.62 bits per heavy atom. The predicted octanol–water partition coefficient (Wildman–Crippen LogP) is 0.828. The Morgan fingerprint density at radius 2 is 1.90 bits per heavy atom. The molecule has 1 aromatic carbocycles. The maximum Gasteiger partial charge on any atom is 0.261 e. The first kappa shape index (κ1) is 20.3. The monoisotopic (exact) mass is 402 g/mol. The molecule has 8 heteroatoms. The molecule has 0 spiro atoms. The van der Waals surface area contributed by atoms with Crippen LogP contribution in [-0.2, 0) is 20.8 Å². The largest absolute Gasteiger partial charge is 0.383 e. The van der Waals surface area contributed by atoms with Gasteiger partial charge in [-0.1, -0.05) is 0 Å². The van der Waals surface area contributed by atoms with Crippen LogP contribution in [0.15, 0.2) is 29.3 Å². The second-order valence-corrected chi connectivity index (χ2v) is 7.74. The highest BCUT2D eigenvalue weighted by Crippen LogP contribution is 2.21. The Bertz CT molecular complexity index is 855. The zero-order chi connectivity index (χ0) is 20.1. The van der Waals surface area contributed by atoms with Gasteiger partial charge in [0, 0.05) is 51.4 Å². The standard InChI is InChI=1S/C21H30N4O4/c1-27-9-8-25-16-22-20-12-18(2-3-19(20)21(25)26)24-6-4-23(5-7-24)13-17-14-28-10-11-29-15-17/h2-3,12,16-17H,4-11,13-15H2,1H3. The SMILES string of the molecule is COCCn1cnc2cc(N3CCN(CC4COCCOC4)CC3)ccc2c1=O. The summed E-state index contributed by atoms with van der Waals surface area (Å²) < 4.78 is 17.9. The molecule has 0 bridgehead atoms. The van der Waals surface area contributed by atoms with Crippen LogP contribution in [0.5, 0.6) is 0 Å². The summed E-state index contributed by atoms with van der Waals surface area (Å²) in [6, 6.07) is 5.96. The van der Waals surface area contributed by atoms with Gasteiger partial charge in [0.15, 0.2) is 0 Å². The van der Waals surface area contributed by atoms with E-state index in [0.29, 0.717) is 37.7 Å². The highest BCUT2D eigenvalue weighted by atomic mass is 16.5. The first-order valence-corrected chi connectivity index (χ1v) is 10.4. The fraction of sp³-hybridized carbons (Fsp3) is 0.619. The van der Waals surface area contributed by atoms with E-state index in [2.05, 4.69) is 14.8 Å². The number of hydrogen-bond donors (Lipinski definition) is 0. The van der Waals surface area contributed by atoms with Crippen molar-refractivity contribution in [1.82, 2.24) is 14.5 Å². The Kier molecular flexibility index (Phi) is 6.76. The number of anilines is 1. The smallest absolute Gasteiger partial charge is 0.261 e. The van der Waals surface area contributed by atoms with Crippen LogP contribution < -0.4 is 10.5 Å². The van der Waals surface area contributed by atoms with Gasteiger partial charge in [0.1, 0.15) is 0 Å². The summed E-state index contributed by atoms with van der Waals surface area (Å²) in [7, 11) is 1.63. The fourth-order valence-electron chi connectivity index (χ4n) is 4.02. The number of fused-ring (bicyclic) bond motifs is 1. The van der Waals surface area contributed by atoms with Gasteiger partial charge in [0.05, 0.1) is 56.8 Å². The zero-order valence-electron chi connectivity index (χ0n) is 17.1. The van der Waals surface area contributed by atoms with Crippen molar-refractivity contribution in [2.75, 3.05) is 77.8 Å². The molecule has 0 radical (unpaired) electrons. The van der Waals surface area contributed by atoms with E-state index in [0.717, 1.165) is 57.1 Å². The second-order valence-electron chi connectivity index (χ2n) is 7.74. The number of methoxy groups -OCH3 is 1. The van der Waals surface area contributed by atoms with Gasteiger partial charge in [-0.15, -0.1) is 0 Å². The minimum absolute atomic E-state index is 0.0174. The number of ether oxygens (including phenoxy) is 3. The second kappa shape index (κ2) is 9.67. The normalized spacial score (nSPS) is 19.6. The summed E-state index contributed by atoms with van der Waals surface area (Å²) in [6.45, 7) is 8.98. The van der Waals surface area contributed by atoms with Crippen molar-refractivity contribution in [3.8, 4) is 0 Å². The van der Waals surface area contributed by atoms with Gasteiger partial charge in [-0.2, -0.15) is 0 Å². The van der Waals surface area contributed by atoms with E-state index in [-0.39, 0.29) is 5.56 Å². The van der Waals surface area contributed by atoms with Crippen LogP contribution in [0.1, 0.15) is 0 Å². The molecule has 3 heterocycles. The summed E-state index contributed by atoms with van der Waals surface area (Å²) in [6.07, 6.45) is 1.61. The highest BCUT2D eigenvalue weighted by molar-refractivity contribution is 5.81. The Labute approximate surface area is 171 Å². The van der Waals surface area contributed by atoms with E-state index in [4.69, 9.17) is 14.2 Å². The van der Waals surface area contributed by atoms with E-state index in [1.54, 1.807) is 18.0 Å². The molecule has 1 aromatic heterocycles. The zero-order valence-corrected chi connectivity index (χ0v) is 17.1. The quantitative estimate of drug-likeness (QED) is 0.709. The van der Waals surface area contributed by atoms with E-state index < -0.39 is 0 Å². The molecule has 2 saturated heterocycles. The van der Waals surface area contributed by atoms with Crippen LogP contribution in [-0.4, -0.2) is 87.3 Å². The molecule has 4 rings (SSSR count).